The number of likely N-dealkylation sites (tertiary alicyclic amines) is 1. The third-order valence-corrected chi connectivity index (χ3v) is 3.04. The highest BCUT2D eigenvalue weighted by Crippen LogP contribution is 2.21. The van der Waals surface area contributed by atoms with Gasteiger partial charge in [0.2, 0.25) is 0 Å². The number of benzene rings is 1. The molecule has 1 fully saturated rings. The summed E-state index contributed by atoms with van der Waals surface area (Å²) >= 11 is 0. The molecule has 0 unspecified atom stereocenters. The quantitative estimate of drug-likeness (QED) is 0.849. The van der Waals surface area contributed by atoms with Gasteiger partial charge in [-0.05, 0) is 24.1 Å². The van der Waals surface area contributed by atoms with Crippen LogP contribution < -0.4 is 4.74 Å². The third-order valence-electron chi connectivity index (χ3n) is 3.04. The Morgan fingerprint density at radius 1 is 1.59 bits per heavy atom. The maximum Gasteiger partial charge on any atom is 0.136 e. The lowest BCUT2D eigenvalue weighted by molar-refractivity contribution is 0.175. The van der Waals surface area contributed by atoms with Crippen LogP contribution in [0.2, 0.25) is 0 Å². The van der Waals surface area contributed by atoms with E-state index in [4.69, 9.17) is 10.00 Å². The smallest absolute Gasteiger partial charge is 0.136 e. The van der Waals surface area contributed by atoms with Gasteiger partial charge in [-0.2, -0.15) is 5.26 Å². The molecule has 0 amide bonds. The summed E-state index contributed by atoms with van der Waals surface area (Å²) in [7, 11) is 1.56. The predicted octanol–water partition coefficient (Wildman–Crippen LogP) is 1.13. The molecule has 1 N–H and O–H groups in total. The van der Waals surface area contributed by atoms with Crippen molar-refractivity contribution in [1.29, 1.82) is 5.26 Å². The third kappa shape index (κ3) is 2.76. The average molecular weight is 232 g/mol. The molecule has 0 radical (unpaired) electrons. The number of aliphatic hydroxyl groups is 1. The number of ether oxygens (including phenoxy) is 1. The van der Waals surface area contributed by atoms with Gasteiger partial charge in [-0.15, -0.1) is 0 Å². The molecule has 1 aliphatic heterocycles. The molecule has 2 rings (SSSR count). The van der Waals surface area contributed by atoms with Crippen LogP contribution in [-0.4, -0.2) is 36.3 Å². The van der Waals surface area contributed by atoms with Crippen molar-refractivity contribution in [3.05, 3.63) is 29.3 Å². The summed E-state index contributed by atoms with van der Waals surface area (Å²) in [5.41, 5.74) is 1.64. The number of nitriles is 1. The van der Waals surface area contributed by atoms with Gasteiger partial charge in [0.05, 0.1) is 18.8 Å². The molecule has 0 bridgehead atoms. The van der Waals surface area contributed by atoms with Crippen molar-refractivity contribution in [2.45, 2.75) is 19.1 Å². The molecule has 1 aliphatic rings. The first-order valence-electron chi connectivity index (χ1n) is 5.70. The predicted molar refractivity (Wildman–Crippen MR) is 63.6 cm³/mol. The van der Waals surface area contributed by atoms with E-state index in [0.717, 1.165) is 25.1 Å². The van der Waals surface area contributed by atoms with Crippen molar-refractivity contribution in [3.63, 3.8) is 0 Å². The fourth-order valence-electron chi connectivity index (χ4n) is 2.15. The van der Waals surface area contributed by atoms with Gasteiger partial charge in [-0.1, -0.05) is 6.07 Å². The Kier molecular flexibility index (Phi) is 3.62. The van der Waals surface area contributed by atoms with Crippen LogP contribution in [0.25, 0.3) is 0 Å². The van der Waals surface area contributed by atoms with Crippen molar-refractivity contribution in [2.24, 2.45) is 0 Å². The van der Waals surface area contributed by atoms with E-state index in [1.165, 1.54) is 0 Å². The summed E-state index contributed by atoms with van der Waals surface area (Å²) < 4.78 is 5.10. The maximum absolute atomic E-state index is 9.45. The largest absolute Gasteiger partial charge is 0.495 e. The van der Waals surface area contributed by atoms with Crippen LogP contribution in [0.15, 0.2) is 18.2 Å². The zero-order valence-corrected chi connectivity index (χ0v) is 9.89. The fourth-order valence-corrected chi connectivity index (χ4v) is 2.15. The van der Waals surface area contributed by atoms with Gasteiger partial charge < -0.3 is 9.84 Å². The summed E-state index contributed by atoms with van der Waals surface area (Å²) in [5, 5.41) is 18.4. The molecule has 4 nitrogen and oxygen atoms in total. The van der Waals surface area contributed by atoms with Gasteiger partial charge in [0.1, 0.15) is 11.8 Å². The summed E-state index contributed by atoms with van der Waals surface area (Å²) in [6, 6.07) is 7.76. The Balaban J connectivity index is 2.09. The Bertz CT molecular complexity index is 440. The van der Waals surface area contributed by atoms with Crippen molar-refractivity contribution in [1.82, 2.24) is 4.90 Å². The molecule has 1 heterocycles. The molecular formula is C13H16N2O2. The zero-order chi connectivity index (χ0) is 12.3. The molecule has 1 aromatic rings. The summed E-state index contributed by atoms with van der Waals surface area (Å²) in [5.74, 6) is 0.609. The molecule has 0 saturated carbocycles. The highest BCUT2D eigenvalue weighted by molar-refractivity contribution is 5.45. The second-order valence-corrected chi connectivity index (χ2v) is 4.32. The van der Waals surface area contributed by atoms with Gasteiger partial charge in [-0.25, -0.2) is 0 Å². The van der Waals surface area contributed by atoms with E-state index in [0.29, 0.717) is 17.9 Å². The van der Waals surface area contributed by atoms with Crippen molar-refractivity contribution in [2.75, 3.05) is 20.2 Å². The summed E-state index contributed by atoms with van der Waals surface area (Å²) in [6.45, 7) is 2.40. The van der Waals surface area contributed by atoms with E-state index in [9.17, 15) is 5.11 Å². The van der Waals surface area contributed by atoms with Gasteiger partial charge in [-0.3, -0.25) is 4.90 Å². The SMILES string of the molecule is COc1ccc(CN2CC[C@H](O)C2)cc1C#N. The minimum atomic E-state index is -0.205. The maximum atomic E-state index is 9.45. The number of hydrogen-bond donors (Lipinski definition) is 1. The minimum Gasteiger partial charge on any atom is -0.495 e. The second-order valence-electron chi connectivity index (χ2n) is 4.32. The van der Waals surface area contributed by atoms with Crippen LogP contribution in [0.4, 0.5) is 0 Å². The first-order valence-corrected chi connectivity index (χ1v) is 5.70. The monoisotopic (exact) mass is 232 g/mol. The number of nitrogens with zero attached hydrogens (tertiary/aromatic N) is 2. The van der Waals surface area contributed by atoms with E-state index >= 15 is 0 Å². The Labute approximate surface area is 101 Å². The second kappa shape index (κ2) is 5.17. The molecule has 0 aromatic heterocycles. The van der Waals surface area contributed by atoms with Gasteiger partial charge in [0, 0.05) is 19.6 Å². The van der Waals surface area contributed by atoms with Crippen molar-refractivity contribution < 1.29 is 9.84 Å². The molecule has 1 atom stereocenters. The van der Waals surface area contributed by atoms with Gasteiger partial charge in [0.15, 0.2) is 0 Å². The molecule has 17 heavy (non-hydrogen) atoms. The Morgan fingerprint density at radius 3 is 3.00 bits per heavy atom. The van der Waals surface area contributed by atoms with Crippen LogP contribution in [0.5, 0.6) is 5.75 Å². The first kappa shape index (κ1) is 11.9. The van der Waals surface area contributed by atoms with Crippen molar-refractivity contribution in [3.8, 4) is 11.8 Å². The summed E-state index contributed by atoms with van der Waals surface area (Å²) in [6.07, 6.45) is 0.630. The van der Waals surface area contributed by atoms with E-state index < -0.39 is 0 Å². The lowest BCUT2D eigenvalue weighted by atomic mass is 10.1. The molecule has 1 aromatic carbocycles. The number of methoxy groups -OCH3 is 1. The minimum absolute atomic E-state index is 0.205. The molecule has 4 heteroatoms. The van der Waals surface area contributed by atoms with Gasteiger partial charge >= 0.3 is 0 Å². The molecule has 0 aliphatic carbocycles. The van der Waals surface area contributed by atoms with Crippen LogP contribution in [0.1, 0.15) is 17.5 Å². The molecule has 0 spiro atoms. The van der Waals surface area contributed by atoms with Crippen LogP contribution >= 0.6 is 0 Å². The van der Waals surface area contributed by atoms with Crippen LogP contribution in [-0.2, 0) is 6.54 Å². The van der Waals surface area contributed by atoms with E-state index in [-0.39, 0.29) is 6.10 Å². The highest BCUT2D eigenvalue weighted by atomic mass is 16.5. The average Bonchev–Trinajstić information content (AvgIpc) is 2.74. The van der Waals surface area contributed by atoms with Gasteiger partial charge in [0.25, 0.3) is 0 Å². The lowest BCUT2D eigenvalue weighted by Gasteiger charge is -2.15. The number of aliphatic hydroxyl groups excluding tert-OH is 1. The molecule has 90 valence electrons. The van der Waals surface area contributed by atoms with Crippen molar-refractivity contribution >= 4 is 0 Å². The van der Waals surface area contributed by atoms with E-state index in [1.54, 1.807) is 7.11 Å². The topological polar surface area (TPSA) is 56.5 Å². The zero-order valence-electron chi connectivity index (χ0n) is 9.89. The number of β-amino-alcohol motifs (C(OH)–C–C–N with tert-alkyl or cyclic N) is 1. The normalized spacial score (nSPS) is 20.2. The summed E-state index contributed by atoms with van der Waals surface area (Å²) in [4.78, 5) is 2.19. The first-order chi connectivity index (χ1) is 8.22. The van der Waals surface area contributed by atoms with Crippen LogP contribution in [0.3, 0.4) is 0 Å². The van der Waals surface area contributed by atoms with Crippen LogP contribution in [0, 0.1) is 11.3 Å². The number of hydrogen-bond acceptors (Lipinski definition) is 4. The standard InChI is InChI=1S/C13H16N2O2/c1-17-13-3-2-10(6-11(13)7-14)8-15-5-4-12(16)9-15/h2-3,6,12,16H,4-5,8-9H2,1H3/t12-/m0/s1. The highest BCUT2D eigenvalue weighted by Gasteiger charge is 2.20. The number of rotatable bonds is 3. The molecule has 1 saturated heterocycles. The Morgan fingerprint density at radius 2 is 2.41 bits per heavy atom. The lowest BCUT2D eigenvalue weighted by Crippen LogP contribution is -2.21. The molecular weight excluding hydrogens is 216 g/mol. The van der Waals surface area contributed by atoms with E-state index in [2.05, 4.69) is 11.0 Å². The fraction of sp³-hybridized carbons (Fsp3) is 0.462. The Hall–Kier alpha value is -1.57. The van der Waals surface area contributed by atoms with E-state index in [1.807, 2.05) is 18.2 Å².